The van der Waals surface area contributed by atoms with Gasteiger partial charge in [0.05, 0.1) is 11.0 Å². The molecule has 14 heavy (non-hydrogen) atoms. The Morgan fingerprint density at radius 2 is 2.00 bits per heavy atom. The largest absolute Gasteiger partial charge is 0.396 e. The van der Waals surface area contributed by atoms with Crippen molar-refractivity contribution in [2.24, 2.45) is 0 Å². The van der Waals surface area contributed by atoms with Gasteiger partial charge in [0.1, 0.15) is 0 Å². The number of aromatic amines is 2. The van der Waals surface area contributed by atoms with E-state index in [1.165, 1.54) is 0 Å². The molecule has 2 aromatic rings. The van der Waals surface area contributed by atoms with Gasteiger partial charge in [-0.05, 0) is 30.5 Å². The third kappa shape index (κ3) is 1.70. The SMILES string of the molecule is O=c1[nH]c2ccc(CCCO)cc2[nH]1. The molecule has 0 fully saturated rings. The van der Waals surface area contributed by atoms with Crippen LogP contribution in [0.1, 0.15) is 12.0 Å². The first-order valence-corrected chi connectivity index (χ1v) is 4.61. The predicted molar refractivity (Wildman–Crippen MR) is 54.3 cm³/mol. The van der Waals surface area contributed by atoms with Gasteiger partial charge in [-0.1, -0.05) is 6.07 Å². The van der Waals surface area contributed by atoms with Crippen molar-refractivity contribution in [2.45, 2.75) is 12.8 Å². The molecule has 0 atom stereocenters. The van der Waals surface area contributed by atoms with E-state index in [9.17, 15) is 4.79 Å². The molecule has 4 nitrogen and oxygen atoms in total. The minimum Gasteiger partial charge on any atom is -0.396 e. The van der Waals surface area contributed by atoms with Gasteiger partial charge in [-0.2, -0.15) is 0 Å². The normalized spacial score (nSPS) is 10.9. The summed E-state index contributed by atoms with van der Waals surface area (Å²) in [5, 5.41) is 8.68. The van der Waals surface area contributed by atoms with Crippen LogP contribution in [0, 0.1) is 0 Å². The molecule has 0 aliphatic heterocycles. The van der Waals surface area contributed by atoms with E-state index < -0.39 is 0 Å². The Balaban J connectivity index is 2.35. The van der Waals surface area contributed by atoms with Crippen molar-refractivity contribution in [3.8, 4) is 0 Å². The third-order valence-electron chi connectivity index (χ3n) is 2.20. The van der Waals surface area contributed by atoms with Gasteiger partial charge in [-0.25, -0.2) is 4.79 Å². The van der Waals surface area contributed by atoms with Crippen molar-refractivity contribution in [1.29, 1.82) is 0 Å². The predicted octanol–water partition coefficient (Wildman–Crippen LogP) is 0.781. The number of hydrogen-bond donors (Lipinski definition) is 3. The van der Waals surface area contributed by atoms with Crippen LogP contribution in [-0.4, -0.2) is 21.7 Å². The van der Waals surface area contributed by atoms with Crippen LogP contribution in [0.5, 0.6) is 0 Å². The molecule has 0 bridgehead atoms. The molecular formula is C10H12N2O2. The molecule has 1 aromatic heterocycles. The van der Waals surface area contributed by atoms with Crippen molar-refractivity contribution in [3.05, 3.63) is 34.2 Å². The maximum Gasteiger partial charge on any atom is 0.323 e. The van der Waals surface area contributed by atoms with Crippen molar-refractivity contribution < 1.29 is 5.11 Å². The minimum atomic E-state index is -0.181. The monoisotopic (exact) mass is 192 g/mol. The number of benzene rings is 1. The molecule has 0 saturated heterocycles. The first-order valence-electron chi connectivity index (χ1n) is 4.61. The Bertz CT molecular complexity index is 484. The van der Waals surface area contributed by atoms with E-state index in [4.69, 9.17) is 5.11 Å². The van der Waals surface area contributed by atoms with E-state index in [1.54, 1.807) is 0 Å². The standard InChI is InChI=1S/C10H12N2O2/c13-5-1-2-7-3-4-8-9(6-7)12-10(14)11-8/h3-4,6,13H,1-2,5H2,(H2,11,12,14). The number of nitrogens with one attached hydrogen (secondary N) is 2. The number of H-pyrrole nitrogens is 2. The van der Waals surface area contributed by atoms with Crippen LogP contribution in [0.15, 0.2) is 23.0 Å². The Morgan fingerprint density at radius 3 is 2.79 bits per heavy atom. The lowest BCUT2D eigenvalue weighted by Crippen LogP contribution is -1.99. The quantitative estimate of drug-likeness (QED) is 0.672. The molecule has 0 saturated carbocycles. The number of aryl methyl sites for hydroxylation is 1. The maximum absolute atomic E-state index is 11.0. The van der Waals surface area contributed by atoms with Gasteiger partial charge in [0.2, 0.25) is 0 Å². The fourth-order valence-corrected chi connectivity index (χ4v) is 1.52. The van der Waals surface area contributed by atoms with Gasteiger partial charge in [0.25, 0.3) is 0 Å². The molecule has 0 radical (unpaired) electrons. The summed E-state index contributed by atoms with van der Waals surface area (Å²) < 4.78 is 0. The zero-order valence-electron chi connectivity index (χ0n) is 7.71. The molecule has 0 unspecified atom stereocenters. The lowest BCUT2D eigenvalue weighted by atomic mass is 10.1. The van der Waals surface area contributed by atoms with E-state index in [2.05, 4.69) is 9.97 Å². The summed E-state index contributed by atoms with van der Waals surface area (Å²) in [4.78, 5) is 16.3. The Labute approximate surface area is 80.6 Å². The van der Waals surface area contributed by atoms with Gasteiger partial charge in [-0.15, -0.1) is 0 Å². The summed E-state index contributed by atoms with van der Waals surface area (Å²) in [5.74, 6) is 0. The Hall–Kier alpha value is -1.55. The zero-order chi connectivity index (χ0) is 9.97. The van der Waals surface area contributed by atoms with Crippen LogP contribution >= 0.6 is 0 Å². The van der Waals surface area contributed by atoms with Gasteiger partial charge < -0.3 is 15.1 Å². The maximum atomic E-state index is 11.0. The number of fused-ring (bicyclic) bond motifs is 1. The van der Waals surface area contributed by atoms with Crippen LogP contribution in [0.4, 0.5) is 0 Å². The highest BCUT2D eigenvalue weighted by atomic mass is 16.2. The van der Waals surface area contributed by atoms with Gasteiger partial charge in [0.15, 0.2) is 0 Å². The highest BCUT2D eigenvalue weighted by Crippen LogP contribution is 2.11. The molecule has 1 aromatic carbocycles. The molecule has 0 aliphatic carbocycles. The van der Waals surface area contributed by atoms with E-state index in [0.717, 1.165) is 29.4 Å². The molecule has 0 amide bonds. The number of rotatable bonds is 3. The summed E-state index contributed by atoms with van der Waals surface area (Å²) in [5.41, 5.74) is 2.59. The fraction of sp³-hybridized carbons (Fsp3) is 0.300. The Kier molecular flexibility index (Phi) is 2.37. The molecule has 0 aliphatic rings. The van der Waals surface area contributed by atoms with E-state index in [1.807, 2.05) is 18.2 Å². The van der Waals surface area contributed by atoms with Crippen LogP contribution in [0.25, 0.3) is 11.0 Å². The topological polar surface area (TPSA) is 68.9 Å². The van der Waals surface area contributed by atoms with Gasteiger partial charge in [-0.3, -0.25) is 0 Å². The fourth-order valence-electron chi connectivity index (χ4n) is 1.52. The summed E-state index contributed by atoms with van der Waals surface area (Å²) >= 11 is 0. The highest BCUT2D eigenvalue weighted by molar-refractivity contribution is 5.74. The molecule has 4 heteroatoms. The van der Waals surface area contributed by atoms with E-state index in [-0.39, 0.29) is 12.3 Å². The second kappa shape index (κ2) is 3.67. The van der Waals surface area contributed by atoms with Crippen molar-refractivity contribution in [2.75, 3.05) is 6.61 Å². The summed E-state index contributed by atoms with van der Waals surface area (Å²) in [6, 6.07) is 5.77. The van der Waals surface area contributed by atoms with Crippen LogP contribution < -0.4 is 5.69 Å². The molecule has 1 heterocycles. The second-order valence-electron chi connectivity index (χ2n) is 3.29. The van der Waals surface area contributed by atoms with Crippen molar-refractivity contribution >= 4 is 11.0 Å². The van der Waals surface area contributed by atoms with Crippen LogP contribution in [0.2, 0.25) is 0 Å². The second-order valence-corrected chi connectivity index (χ2v) is 3.29. The molecule has 3 N–H and O–H groups in total. The van der Waals surface area contributed by atoms with E-state index in [0.29, 0.717) is 0 Å². The first kappa shape index (κ1) is 9.02. The number of aliphatic hydroxyl groups is 1. The van der Waals surface area contributed by atoms with Crippen LogP contribution in [0.3, 0.4) is 0 Å². The first-order chi connectivity index (χ1) is 6.79. The highest BCUT2D eigenvalue weighted by Gasteiger charge is 1.99. The number of hydrogen-bond acceptors (Lipinski definition) is 2. The molecule has 2 rings (SSSR count). The summed E-state index contributed by atoms with van der Waals surface area (Å²) in [7, 11) is 0. The Morgan fingerprint density at radius 1 is 1.21 bits per heavy atom. The summed E-state index contributed by atoms with van der Waals surface area (Å²) in [6.45, 7) is 0.196. The van der Waals surface area contributed by atoms with Crippen LogP contribution in [-0.2, 0) is 6.42 Å². The number of aliphatic hydroxyl groups excluding tert-OH is 1. The average molecular weight is 192 g/mol. The summed E-state index contributed by atoms with van der Waals surface area (Å²) in [6.07, 6.45) is 1.58. The van der Waals surface area contributed by atoms with Gasteiger partial charge in [0, 0.05) is 6.61 Å². The molecule has 74 valence electrons. The number of aromatic nitrogens is 2. The van der Waals surface area contributed by atoms with Gasteiger partial charge >= 0.3 is 5.69 Å². The lowest BCUT2D eigenvalue weighted by molar-refractivity contribution is 0.288. The van der Waals surface area contributed by atoms with E-state index >= 15 is 0 Å². The van der Waals surface area contributed by atoms with Crippen molar-refractivity contribution in [1.82, 2.24) is 9.97 Å². The van der Waals surface area contributed by atoms with Crippen molar-refractivity contribution in [3.63, 3.8) is 0 Å². The number of imidazole rings is 1. The average Bonchev–Trinajstić information content (AvgIpc) is 2.54. The molecule has 0 spiro atoms. The zero-order valence-corrected chi connectivity index (χ0v) is 7.71. The lowest BCUT2D eigenvalue weighted by Gasteiger charge is -1.98. The smallest absolute Gasteiger partial charge is 0.323 e. The minimum absolute atomic E-state index is 0.181. The third-order valence-corrected chi connectivity index (χ3v) is 2.20. The molecular weight excluding hydrogens is 180 g/mol.